The summed E-state index contributed by atoms with van der Waals surface area (Å²) in [6, 6.07) is 9.62. The summed E-state index contributed by atoms with van der Waals surface area (Å²) in [7, 11) is 0. The van der Waals surface area contributed by atoms with E-state index >= 15 is 0 Å². The Kier molecular flexibility index (Phi) is 3.08. The lowest BCUT2D eigenvalue weighted by Crippen LogP contribution is -2.01. The fraction of sp³-hybridized carbons (Fsp3) is 0.0714. The van der Waals surface area contributed by atoms with Gasteiger partial charge >= 0.3 is 0 Å². The predicted octanol–water partition coefficient (Wildman–Crippen LogP) is 2.89. The number of nitrogens with zero attached hydrogens (tertiary/aromatic N) is 2. The Morgan fingerprint density at radius 1 is 1.25 bits per heavy atom. The Labute approximate surface area is 119 Å². The SMILES string of the molecule is Nc1ccc2c(c1)nc(CO)n2-c1ccc(F)c(Cl)c1. The van der Waals surface area contributed by atoms with Crippen LogP contribution in [0.1, 0.15) is 5.82 Å². The summed E-state index contributed by atoms with van der Waals surface area (Å²) in [5.41, 5.74) is 8.37. The fourth-order valence-corrected chi connectivity index (χ4v) is 2.34. The molecule has 0 aliphatic carbocycles. The zero-order chi connectivity index (χ0) is 14.3. The van der Waals surface area contributed by atoms with Crippen molar-refractivity contribution >= 4 is 28.3 Å². The van der Waals surface area contributed by atoms with Crippen LogP contribution in [0.2, 0.25) is 5.02 Å². The van der Waals surface area contributed by atoms with Gasteiger partial charge in [0.05, 0.1) is 16.1 Å². The minimum Gasteiger partial charge on any atom is -0.399 e. The molecule has 3 aromatic rings. The molecule has 3 N–H and O–H groups in total. The standard InChI is InChI=1S/C14H11ClFN3O/c15-10-6-9(2-3-11(10)16)19-13-4-1-8(17)5-12(13)18-14(19)7-20/h1-6,20H,7,17H2. The molecule has 4 nitrogen and oxygen atoms in total. The second kappa shape index (κ2) is 4.77. The summed E-state index contributed by atoms with van der Waals surface area (Å²) in [5.74, 6) is -0.0529. The molecule has 0 fully saturated rings. The molecule has 102 valence electrons. The van der Waals surface area contributed by atoms with Crippen LogP contribution in [0.4, 0.5) is 10.1 Å². The van der Waals surface area contributed by atoms with Gasteiger partial charge in [-0.3, -0.25) is 4.57 Å². The van der Waals surface area contributed by atoms with Crippen LogP contribution in [-0.2, 0) is 6.61 Å². The average Bonchev–Trinajstić information content (AvgIpc) is 2.79. The highest BCUT2D eigenvalue weighted by molar-refractivity contribution is 6.30. The summed E-state index contributed by atoms with van der Waals surface area (Å²) in [6.07, 6.45) is 0. The Hall–Kier alpha value is -2.11. The second-order valence-electron chi connectivity index (χ2n) is 4.37. The summed E-state index contributed by atoms with van der Waals surface area (Å²) >= 11 is 5.81. The first kappa shape index (κ1) is 12.9. The second-order valence-corrected chi connectivity index (χ2v) is 4.78. The lowest BCUT2D eigenvalue weighted by Gasteiger charge is -2.08. The number of benzene rings is 2. The van der Waals surface area contributed by atoms with Gasteiger partial charge in [-0.25, -0.2) is 9.37 Å². The fourth-order valence-electron chi connectivity index (χ4n) is 2.17. The summed E-state index contributed by atoms with van der Waals surface area (Å²) in [6.45, 7) is -0.246. The van der Waals surface area contributed by atoms with Crippen LogP contribution in [-0.4, -0.2) is 14.7 Å². The van der Waals surface area contributed by atoms with E-state index in [1.807, 2.05) is 0 Å². The topological polar surface area (TPSA) is 64.1 Å². The Bertz CT molecular complexity index is 800. The molecule has 1 aromatic heterocycles. The first-order valence-corrected chi connectivity index (χ1v) is 6.31. The molecule has 0 unspecified atom stereocenters. The van der Waals surface area contributed by atoms with Gasteiger partial charge in [0, 0.05) is 11.4 Å². The lowest BCUT2D eigenvalue weighted by atomic mass is 10.2. The number of hydrogen-bond donors (Lipinski definition) is 2. The number of rotatable bonds is 2. The zero-order valence-corrected chi connectivity index (χ0v) is 11.1. The van der Waals surface area contributed by atoms with Crippen LogP contribution in [0.3, 0.4) is 0 Å². The van der Waals surface area contributed by atoms with Crippen LogP contribution in [0.25, 0.3) is 16.7 Å². The van der Waals surface area contributed by atoms with Crippen molar-refractivity contribution < 1.29 is 9.50 Å². The van der Waals surface area contributed by atoms with Gasteiger partial charge in [-0.2, -0.15) is 0 Å². The number of aliphatic hydroxyl groups is 1. The van der Waals surface area contributed by atoms with Crippen molar-refractivity contribution in [2.24, 2.45) is 0 Å². The molecule has 6 heteroatoms. The number of anilines is 1. The van der Waals surface area contributed by atoms with E-state index in [0.29, 0.717) is 22.7 Å². The molecule has 0 saturated carbocycles. The van der Waals surface area contributed by atoms with Crippen molar-refractivity contribution in [3.8, 4) is 5.69 Å². The molecule has 0 radical (unpaired) electrons. The van der Waals surface area contributed by atoms with Crippen molar-refractivity contribution in [3.05, 3.63) is 53.1 Å². The van der Waals surface area contributed by atoms with E-state index in [9.17, 15) is 9.50 Å². The molecular formula is C14H11ClFN3O. The quantitative estimate of drug-likeness (QED) is 0.714. The number of nitrogen functional groups attached to an aromatic ring is 1. The van der Waals surface area contributed by atoms with Crippen LogP contribution in [0.5, 0.6) is 0 Å². The predicted molar refractivity (Wildman–Crippen MR) is 76.4 cm³/mol. The largest absolute Gasteiger partial charge is 0.399 e. The van der Waals surface area contributed by atoms with E-state index in [1.165, 1.54) is 12.1 Å². The van der Waals surface area contributed by atoms with Gasteiger partial charge < -0.3 is 10.8 Å². The Morgan fingerprint density at radius 3 is 2.75 bits per heavy atom. The maximum Gasteiger partial charge on any atom is 0.141 e. The highest BCUT2D eigenvalue weighted by atomic mass is 35.5. The average molecular weight is 292 g/mol. The number of halogens is 2. The van der Waals surface area contributed by atoms with Crippen molar-refractivity contribution in [1.82, 2.24) is 9.55 Å². The number of aromatic nitrogens is 2. The molecule has 0 atom stereocenters. The van der Waals surface area contributed by atoms with E-state index in [0.717, 1.165) is 5.52 Å². The Balaban J connectivity index is 2.30. The molecule has 0 spiro atoms. The van der Waals surface area contributed by atoms with Crippen LogP contribution in [0, 0.1) is 5.82 Å². The first-order valence-electron chi connectivity index (χ1n) is 5.93. The minimum atomic E-state index is -0.491. The lowest BCUT2D eigenvalue weighted by molar-refractivity contribution is 0.270. The van der Waals surface area contributed by atoms with E-state index in [-0.39, 0.29) is 11.6 Å². The van der Waals surface area contributed by atoms with E-state index in [1.54, 1.807) is 28.8 Å². The molecule has 3 rings (SSSR count). The third-order valence-electron chi connectivity index (χ3n) is 3.05. The number of nitrogens with two attached hydrogens (primary N) is 1. The van der Waals surface area contributed by atoms with E-state index in [4.69, 9.17) is 17.3 Å². The van der Waals surface area contributed by atoms with Crippen molar-refractivity contribution in [2.45, 2.75) is 6.61 Å². The molecule has 1 heterocycles. The van der Waals surface area contributed by atoms with Crippen LogP contribution in [0.15, 0.2) is 36.4 Å². The maximum absolute atomic E-state index is 13.3. The number of hydrogen-bond acceptors (Lipinski definition) is 3. The van der Waals surface area contributed by atoms with Crippen molar-refractivity contribution in [2.75, 3.05) is 5.73 Å². The zero-order valence-electron chi connectivity index (χ0n) is 10.3. The molecule has 0 bridgehead atoms. The highest BCUT2D eigenvalue weighted by Gasteiger charge is 2.13. The molecule has 0 amide bonds. The van der Waals surface area contributed by atoms with Crippen LogP contribution >= 0.6 is 11.6 Å². The first-order chi connectivity index (χ1) is 9.60. The molecule has 2 aromatic carbocycles. The summed E-state index contributed by atoms with van der Waals surface area (Å²) < 4.78 is 15.0. The summed E-state index contributed by atoms with van der Waals surface area (Å²) in [5, 5.41) is 9.47. The number of imidazole rings is 1. The van der Waals surface area contributed by atoms with E-state index < -0.39 is 5.82 Å². The molecule has 0 aliphatic rings. The third-order valence-corrected chi connectivity index (χ3v) is 3.34. The molecule has 0 saturated heterocycles. The smallest absolute Gasteiger partial charge is 0.141 e. The van der Waals surface area contributed by atoms with Gasteiger partial charge in [0.25, 0.3) is 0 Å². The minimum absolute atomic E-state index is 0.0173. The number of fused-ring (bicyclic) bond motifs is 1. The number of aliphatic hydroxyl groups excluding tert-OH is 1. The maximum atomic E-state index is 13.3. The van der Waals surface area contributed by atoms with Gasteiger partial charge in [0.15, 0.2) is 0 Å². The third kappa shape index (κ3) is 2.01. The van der Waals surface area contributed by atoms with E-state index in [2.05, 4.69) is 4.98 Å². The normalized spacial score (nSPS) is 11.2. The highest BCUT2D eigenvalue weighted by Crippen LogP contribution is 2.26. The van der Waals surface area contributed by atoms with Gasteiger partial charge in [-0.05, 0) is 36.4 Å². The van der Waals surface area contributed by atoms with Gasteiger partial charge in [-0.15, -0.1) is 0 Å². The van der Waals surface area contributed by atoms with Gasteiger partial charge in [-0.1, -0.05) is 11.6 Å². The van der Waals surface area contributed by atoms with Gasteiger partial charge in [0.1, 0.15) is 18.2 Å². The molecule has 20 heavy (non-hydrogen) atoms. The molecular weight excluding hydrogens is 281 g/mol. The molecule has 0 aliphatic heterocycles. The van der Waals surface area contributed by atoms with Crippen molar-refractivity contribution in [3.63, 3.8) is 0 Å². The van der Waals surface area contributed by atoms with Crippen molar-refractivity contribution in [1.29, 1.82) is 0 Å². The Morgan fingerprint density at radius 2 is 2.05 bits per heavy atom. The van der Waals surface area contributed by atoms with Crippen LogP contribution < -0.4 is 5.73 Å². The monoisotopic (exact) mass is 291 g/mol. The van der Waals surface area contributed by atoms with Gasteiger partial charge in [0.2, 0.25) is 0 Å². The summed E-state index contributed by atoms with van der Waals surface area (Å²) in [4.78, 5) is 4.32.